The fourth-order valence-corrected chi connectivity index (χ4v) is 1.85. The molecule has 102 valence electrons. The minimum atomic E-state index is -0.449. The summed E-state index contributed by atoms with van der Waals surface area (Å²) in [4.78, 5) is 21.9. The van der Waals surface area contributed by atoms with Crippen LogP contribution in [0, 0.1) is 10.1 Å². The minimum absolute atomic E-state index is 0.00723. The number of nitro benzene ring substituents is 1. The van der Waals surface area contributed by atoms with E-state index in [-0.39, 0.29) is 18.1 Å². The summed E-state index contributed by atoms with van der Waals surface area (Å²) < 4.78 is 5.55. The summed E-state index contributed by atoms with van der Waals surface area (Å²) in [5, 5.41) is 10.9. The lowest BCUT2D eigenvalue weighted by Gasteiger charge is -2.09. The Labute approximate surface area is 116 Å². The Morgan fingerprint density at radius 1 is 1.15 bits per heavy atom. The maximum Gasteiger partial charge on any atom is 0.276 e. The van der Waals surface area contributed by atoms with Crippen molar-refractivity contribution in [1.29, 1.82) is 0 Å². The zero-order valence-electron chi connectivity index (χ0n) is 10.9. The molecule has 20 heavy (non-hydrogen) atoms. The number of Topliss-reactive ketones (excluding diaryl/α,β-unsaturated/α-hetero) is 1. The van der Waals surface area contributed by atoms with Crippen LogP contribution in [0.1, 0.15) is 22.8 Å². The highest BCUT2D eigenvalue weighted by Gasteiger charge is 2.14. The van der Waals surface area contributed by atoms with Crippen LogP contribution in [-0.4, -0.2) is 10.7 Å². The molecule has 0 aliphatic carbocycles. The predicted molar refractivity (Wildman–Crippen MR) is 73.9 cm³/mol. The van der Waals surface area contributed by atoms with Crippen LogP contribution in [0.15, 0.2) is 48.5 Å². The molecule has 5 heteroatoms. The van der Waals surface area contributed by atoms with Crippen molar-refractivity contribution in [3.8, 4) is 5.75 Å². The third-order valence-electron chi connectivity index (χ3n) is 2.84. The van der Waals surface area contributed by atoms with Crippen molar-refractivity contribution in [2.24, 2.45) is 0 Å². The van der Waals surface area contributed by atoms with Crippen LogP contribution < -0.4 is 4.74 Å². The van der Waals surface area contributed by atoms with Gasteiger partial charge in [0.15, 0.2) is 5.78 Å². The molecule has 0 amide bonds. The molecule has 2 aromatic carbocycles. The Balaban J connectivity index is 2.22. The molecule has 0 fully saturated rings. The average Bonchev–Trinajstić information content (AvgIpc) is 2.45. The smallest absolute Gasteiger partial charge is 0.276 e. The highest BCUT2D eigenvalue weighted by Crippen LogP contribution is 2.23. The van der Waals surface area contributed by atoms with E-state index in [1.807, 2.05) is 0 Å². The molecule has 0 radical (unpaired) electrons. The summed E-state index contributed by atoms with van der Waals surface area (Å²) in [6.45, 7) is 1.49. The number of hydrogen-bond donors (Lipinski definition) is 0. The van der Waals surface area contributed by atoms with E-state index < -0.39 is 4.92 Å². The van der Waals surface area contributed by atoms with Gasteiger partial charge in [-0.05, 0) is 25.1 Å². The third-order valence-corrected chi connectivity index (χ3v) is 2.84. The van der Waals surface area contributed by atoms with E-state index in [9.17, 15) is 14.9 Å². The van der Waals surface area contributed by atoms with Crippen LogP contribution in [0.25, 0.3) is 0 Å². The van der Waals surface area contributed by atoms with E-state index in [1.165, 1.54) is 13.0 Å². The van der Waals surface area contributed by atoms with Crippen molar-refractivity contribution in [3.05, 3.63) is 69.8 Å². The lowest BCUT2D eigenvalue weighted by molar-refractivity contribution is -0.385. The van der Waals surface area contributed by atoms with E-state index in [1.54, 1.807) is 42.5 Å². The SMILES string of the molecule is CC(=O)c1ccccc1OCc1ccccc1[N+](=O)[O-]. The second-order valence-electron chi connectivity index (χ2n) is 4.23. The quantitative estimate of drug-likeness (QED) is 0.475. The van der Waals surface area contributed by atoms with Gasteiger partial charge in [0, 0.05) is 6.07 Å². The fraction of sp³-hybridized carbons (Fsp3) is 0.133. The summed E-state index contributed by atoms with van der Waals surface area (Å²) in [7, 11) is 0. The van der Waals surface area contributed by atoms with Gasteiger partial charge in [-0.3, -0.25) is 14.9 Å². The van der Waals surface area contributed by atoms with Crippen LogP contribution in [0.5, 0.6) is 5.75 Å². The van der Waals surface area contributed by atoms with Gasteiger partial charge in [0.2, 0.25) is 0 Å². The van der Waals surface area contributed by atoms with Crippen LogP contribution in [-0.2, 0) is 6.61 Å². The summed E-state index contributed by atoms with van der Waals surface area (Å²) in [5.74, 6) is 0.321. The van der Waals surface area contributed by atoms with Crippen molar-refractivity contribution in [3.63, 3.8) is 0 Å². The van der Waals surface area contributed by atoms with Gasteiger partial charge in [0.25, 0.3) is 5.69 Å². The molecule has 5 nitrogen and oxygen atoms in total. The second-order valence-corrected chi connectivity index (χ2v) is 4.23. The second kappa shape index (κ2) is 5.97. The maximum absolute atomic E-state index is 11.5. The molecule has 0 aliphatic rings. The molecule has 0 aliphatic heterocycles. The van der Waals surface area contributed by atoms with Crippen molar-refractivity contribution in [1.82, 2.24) is 0 Å². The summed E-state index contributed by atoms with van der Waals surface area (Å²) >= 11 is 0. The molecule has 0 N–H and O–H groups in total. The molecule has 0 spiro atoms. The van der Waals surface area contributed by atoms with Gasteiger partial charge in [-0.15, -0.1) is 0 Å². The van der Waals surface area contributed by atoms with E-state index in [0.717, 1.165) is 0 Å². The number of nitro groups is 1. The number of carbonyl (C=O) groups excluding carboxylic acids is 1. The standard InChI is InChI=1S/C15H13NO4/c1-11(17)13-7-3-5-9-15(13)20-10-12-6-2-4-8-14(12)16(18)19/h2-9H,10H2,1H3. The number of rotatable bonds is 5. The van der Waals surface area contributed by atoms with Gasteiger partial charge in [-0.1, -0.05) is 24.3 Å². The largest absolute Gasteiger partial charge is 0.488 e. The topological polar surface area (TPSA) is 69.4 Å². The van der Waals surface area contributed by atoms with Crippen molar-refractivity contribution < 1.29 is 14.5 Å². The van der Waals surface area contributed by atoms with Crippen LogP contribution in [0.3, 0.4) is 0 Å². The zero-order valence-corrected chi connectivity index (χ0v) is 10.9. The summed E-state index contributed by atoms with van der Waals surface area (Å²) in [5.41, 5.74) is 0.940. The number of hydrogen-bond acceptors (Lipinski definition) is 4. The van der Waals surface area contributed by atoms with Crippen molar-refractivity contribution in [2.75, 3.05) is 0 Å². The Kier molecular flexibility index (Phi) is 4.10. The third kappa shape index (κ3) is 3.00. The Morgan fingerprint density at radius 3 is 2.50 bits per heavy atom. The molecule has 2 aromatic rings. The van der Waals surface area contributed by atoms with Crippen molar-refractivity contribution >= 4 is 11.5 Å². The lowest BCUT2D eigenvalue weighted by Crippen LogP contribution is -2.03. The first-order chi connectivity index (χ1) is 9.59. The number of benzene rings is 2. The zero-order chi connectivity index (χ0) is 14.5. The molecule has 0 saturated heterocycles. The molecule has 0 aromatic heterocycles. The first kappa shape index (κ1) is 13.7. The van der Waals surface area contributed by atoms with Crippen LogP contribution in [0.2, 0.25) is 0 Å². The normalized spacial score (nSPS) is 10.1. The number of nitrogens with zero attached hydrogens (tertiary/aromatic N) is 1. The highest BCUT2D eigenvalue weighted by molar-refractivity contribution is 5.96. The molecular formula is C15H13NO4. The molecule has 2 rings (SSSR count). The van der Waals surface area contributed by atoms with E-state index in [4.69, 9.17) is 4.74 Å². The van der Waals surface area contributed by atoms with E-state index in [2.05, 4.69) is 0 Å². The predicted octanol–water partition coefficient (Wildman–Crippen LogP) is 3.38. The van der Waals surface area contributed by atoms with Gasteiger partial charge in [0.05, 0.1) is 16.1 Å². The fourth-order valence-electron chi connectivity index (χ4n) is 1.85. The molecular weight excluding hydrogens is 258 g/mol. The number of ether oxygens (including phenoxy) is 1. The Morgan fingerprint density at radius 2 is 1.80 bits per heavy atom. The first-order valence-electron chi connectivity index (χ1n) is 6.04. The summed E-state index contributed by atoms with van der Waals surface area (Å²) in [6, 6.07) is 13.2. The first-order valence-corrected chi connectivity index (χ1v) is 6.04. The molecule has 0 heterocycles. The van der Waals surface area contributed by atoms with Gasteiger partial charge in [0.1, 0.15) is 12.4 Å². The number of carbonyl (C=O) groups is 1. The van der Waals surface area contributed by atoms with Crippen molar-refractivity contribution in [2.45, 2.75) is 13.5 Å². The molecule has 0 unspecified atom stereocenters. The number of para-hydroxylation sites is 2. The van der Waals surface area contributed by atoms with E-state index in [0.29, 0.717) is 16.9 Å². The molecule has 0 atom stereocenters. The molecule has 0 bridgehead atoms. The monoisotopic (exact) mass is 271 g/mol. The molecule has 0 saturated carbocycles. The summed E-state index contributed by atoms with van der Waals surface area (Å²) in [6.07, 6.45) is 0. The van der Waals surface area contributed by atoms with Gasteiger partial charge >= 0.3 is 0 Å². The average molecular weight is 271 g/mol. The Bertz CT molecular complexity index is 594. The Hall–Kier alpha value is -2.69. The van der Waals surface area contributed by atoms with Gasteiger partial charge in [-0.25, -0.2) is 0 Å². The van der Waals surface area contributed by atoms with Crippen LogP contribution >= 0.6 is 0 Å². The minimum Gasteiger partial charge on any atom is -0.488 e. The number of ketones is 1. The van der Waals surface area contributed by atoms with Crippen LogP contribution in [0.4, 0.5) is 5.69 Å². The maximum atomic E-state index is 11.5. The van der Waals surface area contributed by atoms with E-state index >= 15 is 0 Å². The lowest BCUT2D eigenvalue weighted by atomic mass is 10.1. The van der Waals surface area contributed by atoms with Gasteiger partial charge in [-0.2, -0.15) is 0 Å². The highest BCUT2D eigenvalue weighted by atomic mass is 16.6. The van der Waals surface area contributed by atoms with Gasteiger partial charge < -0.3 is 4.74 Å².